The van der Waals surface area contributed by atoms with Gasteiger partial charge in [-0.1, -0.05) is 24.6 Å². The molecular weight excluding hydrogens is 409 g/mol. The van der Waals surface area contributed by atoms with Gasteiger partial charge in [-0.2, -0.15) is 0 Å². The number of rotatable bonds is 9. The van der Waals surface area contributed by atoms with Crippen molar-refractivity contribution < 1.29 is 18.7 Å². The first kappa shape index (κ1) is 23.8. The predicted molar refractivity (Wildman–Crippen MR) is 115 cm³/mol. The minimum absolute atomic E-state index is 0.0127. The molecule has 1 heterocycles. The molecule has 162 valence electrons. The SMILES string of the molecule is CCOC(=O)CC(C)(C)NC(CC)c1ccc(Cl)c(C(=O)c2ccc(N)nc2)c1F. The van der Waals surface area contributed by atoms with Crippen LogP contribution in [0.15, 0.2) is 30.5 Å². The van der Waals surface area contributed by atoms with Crippen molar-refractivity contribution in [2.24, 2.45) is 0 Å². The van der Waals surface area contributed by atoms with Crippen LogP contribution in [0.2, 0.25) is 5.02 Å². The van der Waals surface area contributed by atoms with E-state index < -0.39 is 23.2 Å². The van der Waals surface area contributed by atoms with Crippen LogP contribution in [0.5, 0.6) is 0 Å². The number of benzene rings is 1. The normalized spacial score (nSPS) is 12.5. The van der Waals surface area contributed by atoms with Gasteiger partial charge in [-0.15, -0.1) is 0 Å². The quantitative estimate of drug-likeness (QED) is 0.446. The van der Waals surface area contributed by atoms with E-state index in [9.17, 15) is 9.59 Å². The second-order valence-corrected chi connectivity index (χ2v) is 8.00. The number of ketones is 1. The number of anilines is 1. The molecule has 0 radical (unpaired) electrons. The van der Waals surface area contributed by atoms with Crippen LogP contribution in [0.4, 0.5) is 10.2 Å². The summed E-state index contributed by atoms with van der Waals surface area (Å²) in [6, 6.07) is 5.56. The molecule has 0 spiro atoms. The number of hydrogen-bond acceptors (Lipinski definition) is 6. The van der Waals surface area contributed by atoms with E-state index in [1.807, 2.05) is 20.8 Å². The number of nitrogens with two attached hydrogens (primary N) is 1. The van der Waals surface area contributed by atoms with Gasteiger partial charge >= 0.3 is 5.97 Å². The summed E-state index contributed by atoms with van der Waals surface area (Å²) in [6.07, 6.45) is 1.94. The van der Waals surface area contributed by atoms with Crippen LogP contribution >= 0.6 is 11.6 Å². The number of esters is 1. The van der Waals surface area contributed by atoms with Crippen LogP contribution in [0.1, 0.15) is 68.1 Å². The molecule has 0 fully saturated rings. The van der Waals surface area contributed by atoms with Crippen molar-refractivity contribution in [1.29, 1.82) is 0 Å². The van der Waals surface area contributed by atoms with Gasteiger partial charge in [0.2, 0.25) is 0 Å². The minimum atomic E-state index is -0.699. The second-order valence-electron chi connectivity index (χ2n) is 7.60. The maximum Gasteiger partial charge on any atom is 0.307 e. The third kappa shape index (κ3) is 5.77. The second kappa shape index (κ2) is 10.00. The first-order valence-corrected chi connectivity index (χ1v) is 10.1. The minimum Gasteiger partial charge on any atom is -0.466 e. The van der Waals surface area contributed by atoms with Crippen molar-refractivity contribution in [2.75, 3.05) is 12.3 Å². The van der Waals surface area contributed by atoms with E-state index in [-0.39, 0.29) is 34.4 Å². The average Bonchev–Trinajstić information content (AvgIpc) is 2.66. The van der Waals surface area contributed by atoms with Gasteiger partial charge in [0, 0.05) is 28.9 Å². The number of pyridine rings is 1. The van der Waals surface area contributed by atoms with Crippen LogP contribution in [0, 0.1) is 5.82 Å². The molecule has 6 nitrogen and oxygen atoms in total. The highest BCUT2D eigenvalue weighted by Gasteiger charge is 2.29. The predicted octanol–water partition coefficient (Wildman–Crippen LogP) is 4.46. The zero-order chi connectivity index (χ0) is 22.5. The highest BCUT2D eigenvalue weighted by atomic mass is 35.5. The monoisotopic (exact) mass is 435 g/mol. The lowest BCUT2D eigenvalue weighted by molar-refractivity contribution is -0.144. The number of carbonyl (C=O) groups is 2. The molecule has 1 atom stereocenters. The molecule has 1 unspecified atom stereocenters. The summed E-state index contributed by atoms with van der Waals surface area (Å²) in [5.41, 5.74) is 5.17. The molecule has 8 heteroatoms. The topological polar surface area (TPSA) is 94.3 Å². The Morgan fingerprint density at radius 1 is 1.27 bits per heavy atom. The fraction of sp³-hybridized carbons (Fsp3) is 0.409. The number of halogens is 2. The number of carbonyl (C=O) groups excluding carboxylic acids is 2. The third-order valence-corrected chi connectivity index (χ3v) is 4.95. The molecule has 0 amide bonds. The largest absolute Gasteiger partial charge is 0.466 e. The molecule has 0 saturated carbocycles. The van der Waals surface area contributed by atoms with Gasteiger partial charge in [-0.05, 0) is 45.4 Å². The van der Waals surface area contributed by atoms with Gasteiger partial charge in [0.1, 0.15) is 11.6 Å². The fourth-order valence-corrected chi connectivity index (χ4v) is 3.46. The Balaban J connectivity index is 2.36. The molecule has 2 aromatic rings. The molecule has 0 bridgehead atoms. The maximum atomic E-state index is 15.5. The number of hydrogen-bond donors (Lipinski definition) is 2. The molecule has 1 aromatic carbocycles. The zero-order valence-electron chi connectivity index (χ0n) is 17.6. The number of nitrogens with zero attached hydrogens (tertiary/aromatic N) is 1. The van der Waals surface area contributed by atoms with Gasteiger partial charge in [-0.3, -0.25) is 9.59 Å². The van der Waals surface area contributed by atoms with Crippen molar-refractivity contribution in [2.45, 2.75) is 52.1 Å². The van der Waals surface area contributed by atoms with Crippen LogP contribution < -0.4 is 11.1 Å². The molecule has 0 aliphatic rings. The summed E-state index contributed by atoms with van der Waals surface area (Å²) in [6.45, 7) is 7.60. The molecule has 0 aliphatic heterocycles. The molecule has 3 N–H and O–H groups in total. The van der Waals surface area contributed by atoms with Gasteiger partial charge < -0.3 is 15.8 Å². The fourth-order valence-electron chi connectivity index (χ4n) is 3.23. The van der Waals surface area contributed by atoms with Crippen LogP contribution in [-0.2, 0) is 9.53 Å². The molecule has 30 heavy (non-hydrogen) atoms. The molecular formula is C22H27ClFN3O3. The first-order chi connectivity index (χ1) is 14.1. The Labute approximate surface area is 181 Å². The summed E-state index contributed by atoms with van der Waals surface area (Å²) < 4.78 is 20.5. The maximum absolute atomic E-state index is 15.5. The smallest absolute Gasteiger partial charge is 0.307 e. The van der Waals surface area contributed by atoms with Crippen molar-refractivity contribution in [3.8, 4) is 0 Å². The Bertz CT molecular complexity index is 917. The number of ether oxygens (including phenoxy) is 1. The Kier molecular flexibility index (Phi) is 7.92. The van der Waals surface area contributed by atoms with Crippen molar-refractivity contribution in [3.05, 3.63) is 58.0 Å². The third-order valence-electron chi connectivity index (χ3n) is 4.64. The van der Waals surface area contributed by atoms with E-state index in [2.05, 4.69) is 10.3 Å². The van der Waals surface area contributed by atoms with Crippen molar-refractivity contribution >= 4 is 29.2 Å². The number of nitrogens with one attached hydrogen (secondary N) is 1. The van der Waals surface area contributed by atoms with Gasteiger partial charge in [0.15, 0.2) is 5.78 Å². The van der Waals surface area contributed by atoms with E-state index in [0.29, 0.717) is 18.6 Å². The Morgan fingerprint density at radius 2 is 1.97 bits per heavy atom. The number of nitrogen functional groups attached to an aromatic ring is 1. The van der Waals surface area contributed by atoms with E-state index in [1.165, 1.54) is 24.4 Å². The van der Waals surface area contributed by atoms with Crippen molar-refractivity contribution in [3.63, 3.8) is 0 Å². The lowest BCUT2D eigenvalue weighted by Crippen LogP contribution is -2.44. The van der Waals surface area contributed by atoms with Gasteiger partial charge in [0.25, 0.3) is 0 Å². The van der Waals surface area contributed by atoms with E-state index >= 15 is 4.39 Å². The summed E-state index contributed by atoms with van der Waals surface area (Å²) in [7, 11) is 0. The summed E-state index contributed by atoms with van der Waals surface area (Å²) in [4.78, 5) is 28.7. The van der Waals surface area contributed by atoms with Crippen LogP contribution in [0.25, 0.3) is 0 Å². The molecule has 0 saturated heterocycles. The number of aromatic nitrogens is 1. The average molecular weight is 436 g/mol. The van der Waals surface area contributed by atoms with Gasteiger partial charge in [-0.25, -0.2) is 9.37 Å². The highest BCUT2D eigenvalue weighted by molar-refractivity contribution is 6.35. The summed E-state index contributed by atoms with van der Waals surface area (Å²) in [5, 5.41) is 3.31. The van der Waals surface area contributed by atoms with Crippen molar-refractivity contribution in [1.82, 2.24) is 10.3 Å². The molecule has 1 aromatic heterocycles. The summed E-state index contributed by atoms with van der Waals surface area (Å²) >= 11 is 6.17. The lowest BCUT2D eigenvalue weighted by atomic mass is 9.93. The zero-order valence-corrected chi connectivity index (χ0v) is 18.3. The Morgan fingerprint density at radius 3 is 2.53 bits per heavy atom. The van der Waals surface area contributed by atoms with E-state index in [1.54, 1.807) is 13.0 Å². The van der Waals surface area contributed by atoms with Crippen LogP contribution in [0.3, 0.4) is 0 Å². The summed E-state index contributed by atoms with van der Waals surface area (Å²) in [5.74, 6) is -1.36. The first-order valence-electron chi connectivity index (χ1n) is 9.77. The standard InChI is InChI=1S/C22H27ClFN3O3/c1-5-16(27-22(3,4)11-18(28)30-6-2)14-8-9-15(23)19(20(14)24)21(29)13-7-10-17(25)26-12-13/h7-10,12,16,27H,5-6,11H2,1-4H3,(H2,25,26). The van der Waals surface area contributed by atoms with Crippen LogP contribution in [-0.4, -0.2) is 28.9 Å². The van der Waals surface area contributed by atoms with E-state index in [0.717, 1.165) is 0 Å². The molecule has 2 rings (SSSR count). The highest BCUT2D eigenvalue weighted by Crippen LogP contribution is 2.31. The Hall–Kier alpha value is -2.51. The lowest BCUT2D eigenvalue weighted by Gasteiger charge is -2.31. The van der Waals surface area contributed by atoms with Gasteiger partial charge in [0.05, 0.1) is 23.6 Å². The molecule has 0 aliphatic carbocycles. The van der Waals surface area contributed by atoms with E-state index in [4.69, 9.17) is 22.1 Å².